The monoisotopic (exact) mass is 326 g/mol. The highest BCUT2D eigenvalue weighted by atomic mass is 79.9. The first kappa shape index (κ1) is 13.1. The molecule has 1 aromatic heterocycles. The molecule has 0 spiro atoms. The van der Waals surface area contributed by atoms with Gasteiger partial charge in [0, 0.05) is 21.1 Å². The van der Waals surface area contributed by atoms with E-state index in [9.17, 15) is 0 Å². The average Bonchev–Trinajstić information content (AvgIpc) is 2.47. The lowest BCUT2D eigenvalue weighted by atomic mass is 10.0. The van der Waals surface area contributed by atoms with Crippen molar-refractivity contribution in [2.75, 3.05) is 5.73 Å². The Bertz CT molecular complexity index is 795. The van der Waals surface area contributed by atoms with Gasteiger partial charge in [-0.25, -0.2) is 4.98 Å². The van der Waals surface area contributed by atoms with Crippen LogP contribution >= 0.6 is 15.9 Å². The highest BCUT2D eigenvalue weighted by molar-refractivity contribution is 9.10. The predicted molar refractivity (Wildman–Crippen MR) is 88.8 cm³/mol. The van der Waals surface area contributed by atoms with Gasteiger partial charge >= 0.3 is 0 Å². The summed E-state index contributed by atoms with van der Waals surface area (Å²) in [5.74, 6) is 0. The van der Waals surface area contributed by atoms with Crippen molar-refractivity contribution in [2.24, 2.45) is 0 Å². The Hall–Kier alpha value is -1.87. The van der Waals surface area contributed by atoms with Gasteiger partial charge in [-0.1, -0.05) is 52.3 Å². The lowest BCUT2D eigenvalue weighted by Crippen LogP contribution is -1.99. The van der Waals surface area contributed by atoms with Crippen molar-refractivity contribution in [3.8, 4) is 11.3 Å². The molecule has 0 saturated carbocycles. The van der Waals surface area contributed by atoms with Crippen LogP contribution in [0.3, 0.4) is 0 Å². The number of halogens is 1. The molecule has 3 aromatic rings. The van der Waals surface area contributed by atoms with Gasteiger partial charge in [0.2, 0.25) is 0 Å². The van der Waals surface area contributed by atoms with Crippen molar-refractivity contribution in [3.63, 3.8) is 0 Å². The van der Waals surface area contributed by atoms with Crippen molar-refractivity contribution in [2.45, 2.75) is 13.8 Å². The minimum absolute atomic E-state index is 0.796. The fraction of sp³-hybridized carbons (Fsp3) is 0.118. The second-order valence-corrected chi connectivity index (χ2v) is 5.81. The van der Waals surface area contributed by atoms with Gasteiger partial charge in [0.15, 0.2) is 0 Å². The van der Waals surface area contributed by atoms with Crippen LogP contribution in [0.25, 0.3) is 22.2 Å². The normalized spacial score (nSPS) is 10.9. The molecule has 0 aliphatic heterocycles. The Morgan fingerprint density at radius 3 is 2.40 bits per heavy atom. The van der Waals surface area contributed by atoms with E-state index >= 15 is 0 Å². The Kier molecular flexibility index (Phi) is 3.22. The number of hydrogen-bond donors (Lipinski definition) is 1. The smallest absolute Gasteiger partial charge is 0.0771 e. The van der Waals surface area contributed by atoms with Crippen LogP contribution in [0.2, 0.25) is 0 Å². The third-order valence-corrected chi connectivity index (χ3v) is 4.29. The number of nitrogens with two attached hydrogens (primary N) is 1. The summed E-state index contributed by atoms with van der Waals surface area (Å²) in [5, 5.41) is 1.00. The third-order valence-electron chi connectivity index (χ3n) is 3.63. The van der Waals surface area contributed by atoms with Crippen LogP contribution in [0.5, 0.6) is 0 Å². The molecule has 3 rings (SSSR count). The van der Waals surface area contributed by atoms with E-state index in [0.717, 1.165) is 43.4 Å². The maximum atomic E-state index is 6.36. The van der Waals surface area contributed by atoms with E-state index in [-0.39, 0.29) is 0 Å². The standard InChI is InChI=1S/C17H15BrN2/c1-10-8-9-13(18)14-15(19)11(2)17(20-16(10)14)12-6-4-3-5-7-12/h3-9H,1-2H3,(H2,19,20). The van der Waals surface area contributed by atoms with E-state index in [1.807, 2.05) is 31.2 Å². The zero-order valence-corrected chi connectivity index (χ0v) is 13.0. The summed E-state index contributed by atoms with van der Waals surface area (Å²) in [4.78, 5) is 4.86. The lowest BCUT2D eigenvalue weighted by molar-refractivity contribution is 1.31. The first-order valence-corrected chi connectivity index (χ1v) is 7.29. The number of aryl methyl sites for hydroxylation is 1. The van der Waals surface area contributed by atoms with Gasteiger partial charge in [0.05, 0.1) is 11.2 Å². The van der Waals surface area contributed by atoms with E-state index in [1.54, 1.807) is 0 Å². The molecule has 0 radical (unpaired) electrons. The molecule has 0 fully saturated rings. The van der Waals surface area contributed by atoms with Crippen LogP contribution < -0.4 is 5.73 Å². The van der Waals surface area contributed by atoms with Crippen LogP contribution in [-0.4, -0.2) is 4.98 Å². The van der Waals surface area contributed by atoms with Crippen LogP contribution in [-0.2, 0) is 0 Å². The summed E-state index contributed by atoms with van der Waals surface area (Å²) in [7, 11) is 0. The van der Waals surface area contributed by atoms with Crippen molar-refractivity contribution < 1.29 is 0 Å². The topological polar surface area (TPSA) is 38.9 Å². The van der Waals surface area contributed by atoms with E-state index in [0.29, 0.717) is 0 Å². The number of pyridine rings is 1. The van der Waals surface area contributed by atoms with Gasteiger partial charge < -0.3 is 5.73 Å². The molecule has 0 aliphatic rings. The zero-order valence-electron chi connectivity index (χ0n) is 11.4. The largest absolute Gasteiger partial charge is 0.398 e. The number of hydrogen-bond acceptors (Lipinski definition) is 2. The summed E-state index contributed by atoms with van der Waals surface area (Å²) in [6.45, 7) is 4.09. The molecule has 2 nitrogen and oxygen atoms in total. The van der Waals surface area contributed by atoms with Crippen molar-refractivity contribution in [3.05, 3.63) is 58.1 Å². The Morgan fingerprint density at radius 1 is 1.00 bits per heavy atom. The lowest BCUT2D eigenvalue weighted by Gasteiger charge is -2.14. The van der Waals surface area contributed by atoms with Gasteiger partial charge in [0.1, 0.15) is 0 Å². The van der Waals surface area contributed by atoms with Gasteiger partial charge in [-0.15, -0.1) is 0 Å². The zero-order chi connectivity index (χ0) is 14.3. The Balaban J connectivity index is 2.42. The molecular formula is C17H15BrN2. The minimum Gasteiger partial charge on any atom is -0.398 e. The molecule has 0 bridgehead atoms. The molecule has 0 atom stereocenters. The summed E-state index contributed by atoms with van der Waals surface area (Å²) >= 11 is 3.58. The summed E-state index contributed by atoms with van der Waals surface area (Å²) in [5.41, 5.74) is 12.3. The molecule has 2 N–H and O–H groups in total. The Morgan fingerprint density at radius 2 is 1.70 bits per heavy atom. The molecule has 0 amide bonds. The third kappa shape index (κ3) is 1.98. The second kappa shape index (κ2) is 4.91. The molecular weight excluding hydrogens is 312 g/mol. The first-order chi connectivity index (χ1) is 9.59. The maximum Gasteiger partial charge on any atom is 0.0771 e. The average molecular weight is 327 g/mol. The van der Waals surface area contributed by atoms with Crippen LogP contribution in [0.4, 0.5) is 5.69 Å². The quantitative estimate of drug-likeness (QED) is 0.693. The molecule has 3 heteroatoms. The highest BCUT2D eigenvalue weighted by Crippen LogP contribution is 2.36. The van der Waals surface area contributed by atoms with E-state index in [4.69, 9.17) is 10.7 Å². The summed E-state index contributed by atoms with van der Waals surface area (Å²) in [6, 6.07) is 14.3. The summed E-state index contributed by atoms with van der Waals surface area (Å²) < 4.78 is 0.991. The summed E-state index contributed by atoms with van der Waals surface area (Å²) in [6.07, 6.45) is 0. The molecule has 0 unspecified atom stereocenters. The van der Waals surface area contributed by atoms with Crippen molar-refractivity contribution in [1.29, 1.82) is 0 Å². The molecule has 20 heavy (non-hydrogen) atoms. The number of anilines is 1. The fourth-order valence-corrected chi connectivity index (χ4v) is 2.99. The number of nitrogens with zero attached hydrogens (tertiary/aromatic N) is 1. The number of benzene rings is 2. The van der Waals surface area contributed by atoms with Gasteiger partial charge in [-0.05, 0) is 31.0 Å². The number of nitrogen functional groups attached to an aromatic ring is 1. The maximum absolute atomic E-state index is 6.36. The number of aromatic nitrogens is 1. The molecule has 2 aromatic carbocycles. The molecule has 0 saturated heterocycles. The van der Waals surface area contributed by atoms with Crippen LogP contribution in [0.15, 0.2) is 46.9 Å². The van der Waals surface area contributed by atoms with Crippen LogP contribution in [0.1, 0.15) is 11.1 Å². The minimum atomic E-state index is 0.796. The van der Waals surface area contributed by atoms with E-state index < -0.39 is 0 Å². The van der Waals surface area contributed by atoms with Gasteiger partial charge in [0.25, 0.3) is 0 Å². The van der Waals surface area contributed by atoms with Gasteiger partial charge in [-0.2, -0.15) is 0 Å². The fourth-order valence-electron chi connectivity index (χ4n) is 2.46. The van der Waals surface area contributed by atoms with Crippen LogP contribution in [0, 0.1) is 13.8 Å². The number of rotatable bonds is 1. The Labute approximate surface area is 126 Å². The molecule has 1 heterocycles. The number of fused-ring (bicyclic) bond motifs is 1. The van der Waals surface area contributed by atoms with E-state index in [1.165, 1.54) is 0 Å². The van der Waals surface area contributed by atoms with Crippen molar-refractivity contribution >= 4 is 32.5 Å². The van der Waals surface area contributed by atoms with Gasteiger partial charge in [-0.3, -0.25) is 0 Å². The second-order valence-electron chi connectivity index (χ2n) is 4.95. The SMILES string of the molecule is Cc1c(-c2ccccc2)nc2c(C)ccc(Br)c2c1N. The van der Waals surface area contributed by atoms with Crippen molar-refractivity contribution in [1.82, 2.24) is 4.98 Å². The first-order valence-electron chi connectivity index (χ1n) is 6.50. The van der Waals surface area contributed by atoms with E-state index in [2.05, 4.69) is 41.1 Å². The predicted octanol–water partition coefficient (Wildman–Crippen LogP) is 4.86. The molecule has 100 valence electrons. The highest BCUT2D eigenvalue weighted by Gasteiger charge is 2.14. The molecule has 0 aliphatic carbocycles.